The summed E-state index contributed by atoms with van der Waals surface area (Å²) in [5, 5.41) is 31.9. The highest BCUT2D eigenvalue weighted by Gasteiger charge is 2.68. The second-order valence-corrected chi connectivity index (χ2v) is 9.72. The summed E-state index contributed by atoms with van der Waals surface area (Å²) in [6, 6.07) is 0. The highest BCUT2D eigenvalue weighted by atomic mass is 16.3. The van der Waals surface area contributed by atoms with E-state index in [1.54, 1.807) is 12.2 Å². The third-order valence-corrected chi connectivity index (χ3v) is 8.57. The number of Topliss-reactive ketones (excluding diaryl/α,β-unsaturated/α-hetero) is 1. The molecule has 0 aromatic rings. The maximum atomic E-state index is 12.4. The minimum atomic E-state index is -1.57. The molecule has 0 saturated heterocycles. The molecule has 0 aromatic carbocycles. The summed E-state index contributed by atoms with van der Waals surface area (Å²) >= 11 is 0. The number of carbonyl (C=O) groups excluding carboxylic acids is 2. The Balaban J connectivity index is 1.78. The number of aliphatic hydroxyl groups excluding tert-OH is 2. The molecule has 3 N–H and O–H groups in total. The summed E-state index contributed by atoms with van der Waals surface area (Å²) in [6.07, 6.45) is 6.87. The molecule has 8 atom stereocenters. The van der Waals surface area contributed by atoms with Crippen molar-refractivity contribution in [1.29, 1.82) is 0 Å². The SMILES string of the molecule is C[C@@H]1CC2C(C(O)CC3(C)C2CCC3(O)C(=O)CO)C2(C)C=CC(=O)C=C12. The Morgan fingerprint density at radius 2 is 2.04 bits per heavy atom. The van der Waals surface area contributed by atoms with Crippen LogP contribution in [0.5, 0.6) is 0 Å². The van der Waals surface area contributed by atoms with Crippen LogP contribution in [0.2, 0.25) is 0 Å². The molecule has 3 fully saturated rings. The molecular weight excluding hydrogens is 344 g/mol. The minimum Gasteiger partial charge on any atom is -0.393 e. The van der Waals surface area contributed by atoms with Crippen LogP contribution in [0.15, 0.2) is 23.8 Å². The van der Waals surface area contributed by atoms with Gasteiger partial charge in [-0.2, -0.15) is 0 Å². The van der Waals surface area contributed by atoms with Crippen molar-refractivity contribution in [3.8, 4) is 0 Å². The summed E-state index contributed by atoms with van der Waals surface area (Å²) in [4.78, 5) is 24.4. The quantitative estimate of drug-likeness (QED) is 0.685. The highest BCUT2D eigenvalue weighted by molar-refractivity contribution is 6.01. The van der Waals surface area contributed by atoms with E-state index in [-0.39, 0.29) is 34.9 Å². The molecule has 3 saturated carbocycles. The molecule has 0 radical (unpaired) electrons. The zero-order valence-corrected chi connectivity index (χ0v) is 16.3. The summed E-state index contributed by atoms with van der Waals surface area (Å²) in [5.74, 6) is -0.0768. The Bertz CT molecular complexity index is 754. The van der Waals surface area contributed by atoms with Crippen molar-refractivity contribution in [3.05, 3.63) is 23.8 Å². The van der Waals surface area contributed by atoms with Crippen LogP contribution in [-0.2, 0) is 9.59 Å². The van der Waals surface area contributed by atoms with Crippen LogP contribution in [0.3, 0.4) is 0 Å². The van der Waals surface area contributed by atoms with Crippen molar-refractivity contribution in [2.75, 3.05) is 6.61 Å². The predicted molar refractivity (Wildman–Crippen MR) is 99.6 cm³/mol. The smallest absolute Gasteiger partial charge is 0.190 e. The molecule has 5 heteroatoms. The first-order valence-corrected chi connectivity index (χ1v) is 10.1. The molecule has 4 aliphatic rings. The van der Waals surface area contributed by atoms with Gasteiger partial charge >= 0.3 is 0 Å². The fourth-order valence-corrected chi connectivity index (χ4v) is 7.34. The van der Waals surface area contributed by atoms with Gasteiger partial charge in [-0.3, -0.25) is 9.59 Å². The molecule has 7 unspecified atom stereocenters. The molecular formula is C22H30O5. The van der Waals surface area contributed by atoms with Crippen LogP contribution in [0.1, 0.15) is 46.5 Å². The standard InChI is InChI=1S/C22H30O5/c1-12-8-14-15-5-7-22(27,18(26)11-23)21(15,3)10-17(25)19(14)20(2)6-4-13(24)9-16(12)20/h4,6,9,12,14-15,17,19,23,25,27H,5,7-8,10-11H2,1-3H3/t12-,14?,15?,17?,19?,20?,21?,22?/m1/s1. The molecule has 0 heterocycles. The lowest BCUT2D eigenvalue weighted by Crippen LogP contribution is -2.62. The van der Waals surface area contributed by atoms with Gasteiger partial charge in [-0.25, -0.2) is 0 Å². The summed E-state index contributed by atoms with van der Waals surface area (Å²) in [7, 11) is 0. The van der Waals surface area contributed by atoms with Crippen LogP contribution in [0, 0.1) is 34.5 Å². The Hall–Kier alpha value is -1.30. The molecule has 0 amide bonds. The Kier molecular flexibility index (Phi) is 4.12. The average Bonchev–Trinajstić information content (AvgIpc) is 2.87. The van der Waals surface area contributed by atoms with E-state index in [1.807, 2.05) is 13.0 Å². The maximum absolute atomic E-state index is 12.4. The zero-order chi connectivity index (χ0) is 19.8. The van der Waals surface area contributed by atoms with E-state index in [0.29, 0.717) is 12.8 Å². The molecule has 4 rings (SSSR count). The zero-order valence-electron chi connectivity index (χ0n) is 16.3. The van der Waals surface area contributed by atoms with Crippen molar-refractivity contribution in [1.82, 2.24) is 0 Å². The van der Waals surface area contributed by atoms with Crippen molar-refractivity contribution in [2.45, 2.75) is 58.2 Å². The number of aliphatic hydroxyl groups is 3. The van der Waals surface area contributed by atoms with Crippen molar-refractivity contribution in [3.63, 3.8) is 0 Å². The second-order valence-electron chi connectivity index (χ2n) is 9.72. The van der Waals surface area contributed by atoms with Crippen molar-refractivity contribution in [2.24, 2.45) is 34.5 Å². The van der Waals surface area contributed by atoms with Crippen LogP contribution in [-0.4, -0.2) is 45.2 Å². The summed E-state index contributed by atoms with van der Waals surface area (Å²) in [5.41, 5.74) is -1.59. The first-order valence-electron chi connectivity index (χ1n) is 10.1. The molecule has 4 aliphatic carbocycles. The van der Waals surface area contributed by atoms with E-state index in [1.165, 1.54) is 0 Å². The van der Waals surface area contributed by atoms with Gasteiger partial charge < -0.3 is 15.3 Å². The fourth-order valence-electron chi connectivity index (χ4n) is 7.34. The predicted octanol–water partition coefficient (Wildman–Crippen LogP) is 1.80. The van der Waals surface area contributed by atoms with Gasteiger partial charge in [0.05, 0.1) is 6.10 Å². The Morgan fingerprint density at radius 3 is 2.70 bits per heavy atom. The third-order valence-electron chi connectivity index (χ3n) is 8.57. The first kappa shape index (κ1) is 19.0. The van der Waals surface area contributed by atoms with E-state index >= 15 is 0 Å². The van der Waals surface area contributed by atoms with Gasteiger partial charge in [-0.1, -0.05) is 32.4 Å². The number of ketones is 2. The van der Waals surface area contributed by atoms with Crippen LogP contribution < -0.4 is 0 Å². The molecule has 148 valence electrons. The first-order chi connectivity index (χ1) is 12.6. The molecule has 27 heavy (non-hydrogen) atoms. The Morgan fingerprint density at radius 1 is 1.33 bits per heavy atom. The van der Waals surface area contributed by atoms with Gasteiger partial charge in [-0.15, -0.1) is 0 Å². The lowest BCUT2D eigenvalue weighted by molar-refractivity contribution is -0.180. The topological polar surface area (TPSA) is 94.8 Å². The van der Waals surface area contributed by atoms with Gasteiger partial charge in [0, 0.05) is 16.7 Å². The van der Waals surface area contributed by atoms with E-state index in [2.05, 4.69) is 13.8 Å². The van der Waals surface area contributed by atoms with Gasteiger partial charge in [0.2, 0.25) is 0 Å². The largest absolute Gasteiger partial charge is 0.393 e. The third kappa shape index (κ3) is 2.28. The number of allylic oxidation sites excluding steroid dienone is 4. The number of rotatable bonds is 2. The van der Waals surface area contributed by atoms with E-state index < -0.39 is 29.5 Å². The molecule has 0 bridgehead atoms. The van der Waals surface area contributed by atoms with Crippen LogP contribution in [0.25, 0.3) is 0 Å². The van der Waals surface area contributed by atoms with E-state index in [4.69, 9.17) is 0 Å². The molecule has 0 aliphatic heterocycles. The number of carbonyl (C=O) groups is 2. The lowest BCUT2D eigenvalue weighted by Gasteiger charge is -2.60. The summed E-state index contributed by atoms with van der Waals surface area (Å²) < 4.78 is 0. The van der Waals surface area contributed by atoms with Crippen molar-refractivity contribution >= 4 is 11.6 Å². The van der Waals surface area contributed by atoms with Gasteiger partial charge in [0.1, 0.15) is 12.2 Å². The number of hydrogen-bond donors (Lipinski definition) is 3. The fraction of sp³-hybridized carbons (Fsp3) is 0.727. The molecule has 0 aromatic heterocycles. The number of hydrogen-bond acceptors (Lipinski definition) is 5. The normalized spacial score (nSPS) is 51.3. The van der Waals surface area contributed by atoms with Gasteiger partial charge in [-0.05, 0) is 55.6 Å². The summed E-state index contributed by atoms with van der Waals surface area (Å²) in [6.45, 7) is 5.48. The van der Waals surface area contributed by atoms with E-state index in [9.17, 15) is 24.9 Å². The molecule has 0 spiro atoms. The monoisotopic (exact) mass is 374 g/mol. The highest BCUT2D eigenvalue weighted by Crippen LogP contribution is 2.67. The van der Waals surface area contributed by atoms with Crippen LogP contribution >= 0.6 is 0 Å². The van der Waals surface area contributed by atoms with Crippen LogP contribution in [0.4, 0.5) is 0 Å². The van der Waals surface area contributed by atoms with Gasteiger partial charge in [0.25, 0.3) is 0 Å². The Labute approximate surface area is 160 Å². The lowest BCUT2D eigenvalue weighted by atomic mass is 9.45. The van der Waals surface area contributed by atoms with Gasteiger partial charge in [0.15, 0.2) is 11.6 Å². The second kappa shape index (κ2) is 5.85. The van der Waals surface area contributed by atoms with E-state index in [0.717, 1.165) is 18.4 Å². The average molecular weight is 374 g/mol. The minimum absolute atomic E-state index is 0.00620. The number of fused-ring (bicyclic) bond motifs is 5. The van der Waals surface area contributed by atoms with Crippen molar-refractivity contribution < 1.29 is 24.9 Å². The maximum Gasteiger partial charge on any atom is 0.190 e. The molecule has 5 nitrogen and oxygen atoms in total.